The van der Waals surface area contributed by atoms with Crippen LogP contribution in [0.15, 0.2) is 47.3 Å². The molecule has 150 valence electrons. The van der Waals surface area contributed by atoms with Crippen LogP contribution >= 0.6 is 0 Å². The first-order valence-electron chi connectivity index (χ1n) is 10.1. The normalized spacial score (nSPS) is 14.0. The van der Waals surface area contributed by atoms with E-state index in [1.807, 2.05) is 31.2 Å². The van der Waals surface area contributed by atoms with E-state index >= 15 is 0 Å². The molecule has 0 amide bonds. The second-order valence-corrected chi connectivity index (χ2v) is 7.61. The number of aromatic nitrogens is 4. The molecular weight excluding hydrogens is 364 g/mol. The first-order chi connectivity index (χ1) is 14.0. The maximum atomic E-state index is 12.3. The van der Waals surface area contributed by atoms with E-state index in [2.05, 4.69) is 35.6 Å². The summed E-state index contributed by atoms with van der Waals surface area (Å²) < 4.78 is 8.70. The second-order valence-electron chi connectivity index (χ2n) is 7.61. The molecule has 0 atom stereocenters. The van der Waals surface area contributed by atoms with Gasteiger partial charge in [0.2, 0.25) is 0 Å². The van der Waals surface area contributed by atoms with Gasteiger partial charge in [-0.15, -0.1) is 0 Å². The quantitative estimate of drug-likeness (QED) is 0.657. The van der Waals surface area contributed by atoms with Crippen molar-refractivity contribution in [2.24, 2.45) is 7.05 Å². The largest absolute Gasteiger partial charge is 0.489 e. The lowest BCUT2D eigenvalue weighted by Crippen LogP contribution is -2.23. The van der Waals surface area contributed by atoms with Crippen LogP contribution in [-0.4, -0.2) is 19.8 Å². The zero-order chi connectivity index (χ0) is 20.4. The highest BCUT2D eigenvalue weighted by molar-refractivity contribution is 5.67. The molecule has 1 heterocycles. The Kier molecular flexibility index (Phi) is 5.34. The van der Waals surface area contributed by atoms with Gasteiger partial charge >= 0.3 is 5.69 Å². The van der Waals surface area contributed by atoms with E-state index in [-0.39, 0.29) is 5.69 Å². The molecular formula is C23H26N4O2. The molecule has 0 aliphatic heterocycles. The third kappa shape index (κ3) is 3.88. The van der Waals surface area contributed by atoms with Crippen LogP contribution in [-0.2, 0) is 13.7 Å². The van der Waals surface area contributed by atoms with Crippen LogP contribution in [0.25, 0.3) is 11.3 Å². The van der Waals surface area contributed by atoms with Crippen molar-refractivity contribution in [2.45, 2.75) is 46.1 Å². The van der Waals surface area contributed by atoms with Gasteiger partial charge in [-0.3, -0.25) is 0 Å². The molecule has 1 aliphatic carbocycles. The van der Waals surface area contributed by atoms with Crippen molar-refractivity contribution in [3.63, 3.8) is 0 Å². The third-order valence-electron chi connectivity index (χ3n) is 5.54. The Bertz CT molecular complexity index is 1120. The number of rotatable bonds is 5. The predicted octanol–water partition coefficient (Wildman–Crippen LogP) is 4.12. The van der Waals surface area contributed by atoms with E-state index in [4.69, 9.17) is 4.74 Å². The molecule has 3 aromatic rings. The molecule has 1 aromatic heterocycles. The van der Waals surface area contributed by atoms with Crippen molar-refractivity contribution in [2.75, 3.05) is 0 Å². The zero-order valence-corrected chi connectivity index (χ0v) is 17.2. The summed E-state index contributed by atoms with van der Waals surface area (Å²) in [6.45, 7) is 4.44. The first-order valence-corrected chi connectivity index (χ1v) is 10.1. The fourth-order valence-electron chi connectivity index (χ4n) is 3.80. The summed E-state index contributed by atoms with van der Waals surface area (Å²) in [5.74, 6) is 0.853. The van der Waals surface area contributed by atoms with Crippen LogP contribution in [0.2, 0.25) is 0 Å². The third-order valence-corrected chi connectivity index (χ3v) is 5.54. The van der Waals surface area contributed by atoms with Gasteiger partial charge in [0, 0.05) is 12.6 Å². The van der Waals surface area contributed by atoms with Crippen LogP contribution in [0.3, 0.4) is 0 Å². The molecule has 6 heteroatoms. The Balaban J connectivity index is 1.59. The van der Waals surface area contributed by atoms with Crippen LogP contribution in [0.1, 0.15) is 47.9 Å². The lowest BCUT2D eigenvalue weighted by Gasteiger charge is -2.17. The predicted molar refractivity (Wildman–Crippen MR) is 113 cm³/mol. The SMILES string of the molecule is Cc1cc(C2=CCCCC2)ccc1OCc1c(C)cccc1-n1nnn(C)c1=O. The Labute approximate surface area is 170 Å². The molecule has 0 spiro atoms. The maximum absolute atomic E-state index is 12.3. The number of aryl methyl sites for hydroxylation is 3. The summed E-state index contributed by atoms with van der Waals surface area (Å²) in [5, 5.41) is 7.80. The van der Waals surface area contributed by atoms with E-state index in [1.165, 1.54) is 39.8 Å². The van der Waals surface area contributed by atoms with Crippen molar-refractivity contribution in [1.29, 1.82) is 0 Å². The molecule has 0 radical (unpaired) electrons. The number of nitrogens with zero attached hydrogens (tertiary/aromatic N) is 4. The van der Waals surface area contributed by atoms with Gasteiger partial charge in [0.25, 0.3) is 0 Å². The van der Waals surface area contributed by atoms with Crippen molar-refractivity contribution in [3.05, 3.63) is 75.2 Å². The van der Waals surface area contributed by atoms with Crippen LogP contribution in [0.5, 0.6) is 5.75 Å². The average molecular weight is 390 g/mol. The number of ether oxygens (including phenoxy) is 1. The molecule has 0 N–H and O–H groups in total. The second kappa shape index (κ2) is 8.07. The number of tetrazole rings is 1. The molecule has 6 nitrogen and oxygen atoms in total. The Morgan fingerprint density at radius 2 is 1.93 bits per heavy atom. The van der Waals surface area contributed by atoms with E-state index in [0.717, 1.165) is 28.9 Å². The molecule has 4 rings (SSSR count). The number of hydrogen-bond acceptors (Lipinski definition) is 4. The van der Waals surface area contributed by atoms with Crippen LogP contribution in [0.4, 0.5) is 0 Å². The molecule has 0 saturated heterocycles. The van der Waals surface area contributed by atoms with Crippen molar-refractivity contribution >= 4 is 5.57 Å². The maximum Gasteiger partial charge on any atom is 0.368 e. The summed E-state index contributed by atoms with van der Waals surface area (Å²) in [6, 6.07) is 12.2. The topological polar surface area (TPSA) is 61.9 Å². The molecule has 29 heavy (non-hydrogen) atoms. The smallest absolute Gasteiger partial charge is 0.368 e. The molecule has 0 fully saturated rings. The van der Waals surface area contributed by atoms with E-state index in [0.29, 0.717) is 12.3 Å². The van der Waals surface area contributed by atoms with Crippen molar-refractivity contribution in [3.8, 4) is 11.4 Å². The fourth-order valence-corrected chi connectivity index (χ4v) is 3.80. The minimum atomic E-state index is -0.279. The lowest BCUT2D eigenvalue weighted by molar-refractivity contribution is 0.302. The van der Waals surface area contributed by atoms with E-state index in [1.54, 1.807) is 7.05 Å². The fraction of sp³-hybridized carbons (Fsp3) is 0.348. The zero-order valence-electron chi connectivity index (χ0n) is 17.2. The monoisotopic (exact) mass is 390 g/mol. The molecule has 0 saturated carbocycles. The number of benzene rings is 2. The minimum Gasteiger partial charge on any atom is -0.489 e. The number of allylic oxidation sites excluding steroid dienone is 2. The van der Waals surface area contributed by atoms with Crippen LogP contribution < -0.4 is 10.4 Å². The molecule has 0 unspecified atom stereocenters. The highest BCUT2D eigenvalue weighted by Crippen LogP contribution is 2.30. The average Bonchev–Trinajstić information content (AvgIpc) is 3.07. The lowest BCUT2D eigenvalue weighted by atomic mass is 9.93. The highest BCUT2D eigenvalue weighted by atomic mass is 16.5. The van der Waals surface area contributed by atoms with Gasteiger partial charge in [-0.1, -0.05) is 24.3 Å². The minimum absolute atomic E-state index is 0.279. The summed E-state index contributed by atoms with van der Waals surface area (Å²) >= 11 is 0. The summed E-state index contributed by atoms with van der Waals surface area (Å²) in [7, 11) is 1.59. The van der Waals surface area contributed by atoms with E-state index < -0.39 is 0 Å². The number of hydrogen-bond donors (Lipinski definition) is 0. The van der Waals surface area contributed by atoms with Gasteiger partial charge in [0.1, 0.15) is 12.4 Å². The first kappa shape index (κ1) is 19.2. The summed E-state index contributed by atoms with van der Waals surface area (Å²) in [6.07, 6.45) is 7.23. The Morgan fingerprint density at radius 3 is 2.62 bits per heavy atom. The highest BCUT2D eigenvalue weighted by Gasteiger charge is 2.14. The van der Waals surface area contributed by atoms with Crippen molar-refractivity contribution < 1.29 is 4.74 Å². The molecule has 1 aliphatic rings. The van der Waals surface area contributed by atoms with Gasteiger partial charge in [-0.2, -0.15) is 9.36 Å². The van der Waals surface area contributed by atoms with Crippen molar-refractivity contribution in [1.82, 2.24) is 19.8 Å². The Morgan fingerprint density at radius 1 is 1.07 bits per heavy atom. The van der Waals surface area contributed by atoms with Gasteiger partial charge in [-0.05, 0) is 90.4 Å². The van der Waals surface area contributed by atoms with Crippen LogP contribution in [0, 0.1) is 13.8 Å². The van der Waals surface area contributed by atoms with Gasteiger partial charge in [0.15, 0.2) is 0 Å². The Hall–Kier alpha value is -3.15. The molecule has 0 bridgehead atoms. The molecule has 2 aromatic carbocycles. The van der Waals surface area contributed by atoms with Gasteiger partial charge in [0.05, 0.1) is 5.69 Å². The summed E-state index contributed by atoms with van der Waals surface area (Å²) in [4.78, 5) is 12.3. The summed E-state index contributed by atoms with van der Waals surface area (Å²) in [5.41, 5.74) is 6.23. The van der Waals surface area contributed by atoms with E-state index in [9.17, 15) is 4.79 Å². The van der Waals surface area contributed by atoms with Gasteiger partial charge in [-0.25, -0.2) is 4.79 Å². The van der Waals surface area contributed by atoms with Gasteiger partial charge < -0.3 is 4.74 Å². The standard InChI is InChI=1S/C23H26N4O2/c1-16-8-7-11-21(27-23(28)26(3)24-25-27)20(16)15-29-22-13-12-19(14-17(22)2)18-9-5-4-6-10-18/h7-9,11-14H,4-6,10,15H2,1-3H3.